The van der Waals surface area contributed by atoms with Crippen LogP contribution in [0.15, 0.2) is 62.8 Å². The Morgan fingerprint density at radius 2 is 1.94 bits per heavy atom. The van der Waals surface area contributed by atoms with E-state index in [1.54, 1.807) is 41.8 Å². The summed E-state index contributed by atoms with van der Waals surface area (Å²) in [7, 11) is 1.32. The highest BCUT2D eigenvalue weighted by atomic mass is 32.1. The average molecular weight is 455 g/mol. The number of methoxy groups -OCH3 is 1. The number of rotatable bonds is 4. The second-order valence-corrected chi connectivity index (χ2v) is 8.74. The van der Waals surface area contributed by atoms with Gasteiger partial charge in [-0.3, -0.25) is 14.2 Å². The highest BCUT2D eigenvalue weighted by Crippen LogP contribution is 2.32. The zero-order valence-electron chi connectivity index (χ0n) is 16.9. The van der Waals surface area contributed by atoms with Gasteiger partial charge < -0.3 is 9.47 Å². The third-order valence-corrected chi connectivity index (χ3v) is 6.59. The van der Waals surface area contributed by atoms with Crippen LogP contribution in [0.3, 0.4) is 0 Å². The van der Waals surface area contributed by atoms with Crippen molar-refractivity contribution in [3.05, 3.63) is 83.2 Å². The molecule has 9 heteroatoms. The zero-order chi connectivity index (χ0) is 22.1. The number of aromatic nitrogens is 1. The molecule has 0 aliphatic carbocycles. The summed E-state index contributed by atoms with van der Waals surface area (Å²) < 4.78 is 12.1. The number of carbonyl (C=O) groups excluding carboxylic acids is 2. The van der Waals surface area contributed by atoms with E-state index in [1.165, 1.54) is 36.7 Å². The molecule has 0 bridgehead atoms. The van der Waals surface area contributed by atoms with E-state index in [4.69, 9.17) is 9.47 Å². The van der Waals surface area contributed by atoms with Gasteiger partial charge in [-0.1, -0.05) is 29.5 Å². The third-order valence-electron chi connectivity index (χ3n) is 4.68. The van der Waals surface area contributed by atoms with Crippen molar-refractivity contribution >= 4 is 40.7 Å². The molecule has 1 atom stereocenters. The van der Waals surface area contributed by atoms with Crippen molar-refractivity contribution in [2.75, 3.05) is 7.11 Å². The molecule has 1 aromatic carbocycles. The molecule has 0 radical (unpaired) electrons. The van der Waals surface area contributed by atoms with Crippen molar-refractivity contribution in [3.8, 4) is 5.75 Å². The normalized spacial score (nSPS) is 16.0. The van der Waals surface area contributed by atoms with Gasteiger partial charge in [0.2, 0.25) is 0 Å². The average Bonchev–Trinajstić information content (AvgIpc) is 3.36. The maximum Gasteiger partial charge on any atom is 0.338 e. The van der Waals surface area contributed by atoms with Gasteiger partial charge in [-0.15, -0.1) is 11.3 Å². The maximum absolute atomic E-state index is 13.3. The minimum Gasteiger partial charge on any atom is -0.466 e. The molecule has 0 saturated carbocycles. The van der Waals surface area contributed by atoms with Crippen LogP contribution in [0.2, 0.25) is 0 Å². The lowest BCUT2D eigenvalue weighted by atomic mass is 10.0. The number of benzene rings is 1. The number of thiazole rings is 1. The van der Waals surface area contributed by atoms with Gasteiger partial charge in [0, 0.05) is 11.8 Å². The Kier molecular flexibility index (Phi) is 5.71. The fourth-order valence-corrected chi connectivity index (χ4v) is 5.23. The molecule has 3 aromatic rings. The summed E-state index contributed by atoms with van der Waals surface area (Å²) in [6.45, 7) is 3.08. The van der Waals surface area contributed by atoms with Gasteiger partial charge in [-0.05, 0) is 42.1 Å². The van der Waals surface area contributed by atoms with Crippen LogP contribution in [0.1, 0.15) is 30.3 Å². The molecule has 1 aliphatic rings. The van der Waals surface area contributed by atoms with Crippen molar-refractivity contribution in [1.29, 1.82) is 0 Å². The van der Waals surface area contributed by atoms with Crippen molar-refractivity contribution in [2.45, 2.75) is 19.9 Å². The Balaban J connectivity index is 1.85. The van der Waals surface area contributed by atoms with Crippen LogP contribution in [-0.4, -0.2) is 23.6 Å². The summed E-state index contributed by atoms with van der Waals surface area (Å²) in [4.78, 5) is 42.8. The van der Waals surface area contributed by atoms with Gasteiger partial charge in [0.25, 0.3) is 5.56 Å². The van der Waals surface area contributed by atoms with E-state index in [1.807, 2.05) is 17.5 Å². The molecular weight excluding hydrogens is 436 g/mol. The number of thiophene rings is 1. The standard InChI is InChI=1S/C22H18N2O5S2/c1-12-18(21(27)28-3)19(16-5-4-10-30-16)24-20(26)17(31-22(24)23-12)11-14-6-8-15(9-7-14)29-13(2)25/h4-11,19H,1-3H3. The molecule has 1 unspecified atom stereocenters. The molecule has 1 aliphatic heterocycles. The molecule has 0 fully saturated rings. The number of hydrogen-bond acceptors (Lipinski definition) is 8. The van der Waals surface area contributed by atoms with Gasteiger partial charge in [0.1, 0.15) is 11.8 Å². The number of fused-ring (bicyclic) bond motifs is 1. The molecule has 31 heavy (non-hydrogen) atoms. The van der Waals surface area contributed by atoms with E-state index in [2.05, 4.69) is 4.99 Å². The zero-order valence-corrected chi connectivity index (χ0v) is 18.6. The molecule has 158 valence electrons. The van der Waals surface area contributed by atoms with Gasteiger partial charge >= 0.3 is 11.9 Å². The highest BCUT2D eigenvalue weighted by molar-refractivity contribution is 7.10. The Labute approximate surface area is 185 Å². The largest absolute Gasteiger partial charge is 0.466 e. The SMILES string of the molecule is COC(=O)C1=C(C)N=c2sc(=Cc3ccc(OC(C)=O)cc3)c(=O)n2C1c1cccs1. The summed E-state index contributed by atoms with van der Waals surface area (Å²) in [6.07, 6.45) is 1.75. The first-order valence-electron chi connectivity index (χ1n) is 9.32. The fraction of sp³-hybridized carbons (Fsp3) is 0.182. The summed E-state index contributed by atoms with van der Waals surface area (Å²) >= 11 is 2.72. The number of esters is 2. The molecule has 0 N–H and O–H groups in total. The molecular formula is C22H18N2O5S2. The molecule has 3 heterocycles. The molecule has 0 saturated heterocycles. The quantitative estimate of drug-likeness (QED) is 0.446. The lowest BCUT2D eigenvalue weighted by Crippen LogP contribution is -2.39. The van der Waals surface area contributed by atoms with Crippen LogP contribution in [0, 0.1) is 0 Å². The van der Waals surface area contributed by atoms with E-state index in [0.29, 0.717) is 26.4 Å². The number of carbonyl (C=O) groups is 2. The van der Waals surface area contributed by atoms with Gasteiger partial charge in [0.05, 0.1) is 22.9 Å². The molecule has 0 amide bonds. The molecule has 7 nitrogen and oxygen atoms in total. The molecule has 4 rings (SSSR count). The smallest absolute Gasteiger partial charge is 0.338 e. The monoisotopic (exact) mass is 454 g/mol. The number of ether oxygens (including phenoxy) is 2. The molecule has 2 aromatic heterocycles. The Morgan fingerprint density at radius 1 is 1.19 bits per heavy atom. The van der Waals surface area contributed by atoms with Gasteiger partial charge in [-0.2, -0.15) is 0 Å². The minimum absolute atomic E-state index is 0.236. The second kappa shape index (κ2) is 8.44. The first-order chi connectivity index (χ1) is 14.9. The third kappa shape index (κ3) is 4.01. The van der Waals surface area contributed by atoms with E-state index in [-0.39, 0.29) is 5.56 Å². The fourth-order valence-electron chi connectivity index (χ4n) is 3.36. The van der Waals surface area contributed by atoms with Crippen LogP contribution in [0.5, 0.6) is 5.75 Å². The number of nitrogens with zero attached hydrogens (tertiary/aromatic N) is 2. The lowest BCUT2D eigenvalue weighted by molar-refractivity contribution is -0.136. The van der Waals surface area contributed by atoms with Crippen LogP contribution in [0.25, 0.3) is 6.08 Å². The maximum atomic E-state index is 13.3. The summed E-state index contributed by atoms with van der Waals surface area (Å²) in [5.74, 6) is -0.469. The lowest BCUT2D eigenvalue weighted by Gasteiger charge is -2.22. The minimum atomic E-state index is -0.586. The van der Waals surface area contributed by atoms with Crippen LogP contribution >= 0.6 is 22.7 Å². The first-order valence-corrected chi connectivity index (χ1v) is 11.0. The van der Waals surface area contributed by atoms with Crippen LogP contribution in [-0.2, 0) is 14.3 Å². The van der Waals surface area contributed by atoms with E-state index in [0.717, 1.165) is 10.4 Å². The predicted molar refractivity (Wildman–Crippen MR) is 118 cm³/mol. The van der Waals surface area contributed by atoms with Crippen molar-refractivity contribution < 1.29 is 19.1 Å². The second-order valence-electron chi connectivity index (χ2n) is 6.75. The topological polar surface area (TPSA) is 87.0 Å². The van der Waals surface area contributed by atoms with Crippen molar-refractivity contribution in [3.63, 3.8) is 0 Å². The summed E-state index contributed by atoms with van der Waals surface area (Å²) in [6, 6.07) is 10.0. The van der Waals surface area contributed by atoms with Crippen LogP contribution < -0.4 is 19.6 Å². The molecule has 0 spiro atoms. The summed E-state index contributed by atoms with van der Waals surface area (Å²) in [5.41, 5.74) is 1.43. The van der Waals surface area contributed by atoms with Crippen molar-refractivity contribution in [2.24, 2.45) is 4.99 Å². The first kappa shape index (κ1) is 21.0. The number of hydrogen-bond donors (Lipinski definition) is 0. The number of allylic oxidation sites excluding steroid dienone is 1. The van der Waals surface area contributed by atoms with E-state index in [9.17, 15) is 14.4 Å². The van der Waals surface area contributed by atoms with Crippen LogP contribution in [0.4, 0.5) is 0 Å². The van der Waals surface area contributed by atoms with E-state index < -0.39 is 18.0 Å². The van der Waals surface area contributed by atoms with Gasteiger partial charge in [-0.25, -0.2) is 9.79 Å². The Bertz CT molecular complexity index is 1360. The highest BCUT2D eigenvalue weighted by Gasteiger charge is 2.33. The van der Waals surface area contributed by atoms with Crippen molar-refractivity contribution in [1.82, 2.24) is 4.57 Å². The Hall–Kier alpha value is -3.30. The predicted octanol–water partition coefficient (Wildman–Crippen LogP) is 2.40. The summed E-state index contributed by atoms with van der Waals surface area (Å²) in [5, 5.41) is 1.90. The Morgan fingerprint density at radius 3 is 2.55 bits per heavy atom. The van der Waals surface area contributed by atoms with E-state index >= 15 is 0 Å². The van der Waals surface area contributed by atoms with Gasteiger partial charge in [0.15, 0.2) is 4.80 Å².